The maximum Gasteiger partial charge on any atom is 0.306 e. The first-order valence-electron chi connectivity index (χ1n) is 20.2. The molecular weight excluding hydrogens is 618 g/mol. The highest BCUT2D eigenvalue weighted by molar-refractivity contribution is 5.70. The summed E-state index contributed by atoms with van der Waals surface area (Å²) in [5, 5.41) is 11.6. The third-order valence-corrected chi connectivity index (χ3v) is 9.13. The van der Waals surface area contributed by atoms with Crippen LogP contribution in [-0.2, 0) is 28.6 Å². The molecule has 0 bridgehead atoms. The van der Waals surface area contributed by atoms with Crippen molar-refractivity contribution >= 4 is 17.9 Å². The highest BCUT2D eigenvalue weighted by atomic mass is 16.6. The van der Waals surface area contributed by atoms with Gasteiger partial charge in [-0.15, -0.1) is 0 Å². The van der Waals surface area contributed by atoms with Crippen LogP contribution in [0.1, 0.15) is 181 Å². The van der Waals surface area contributed by atoms with Crippen LogP contribution in [0.3, 0.4) is 0 Å². The number of carbonyl (C=O) groups excluding carboxylic acids is 3. The van der Waals surface area contributed by atoms with E-state index in [1.165, 1.54) is 89.9 Å². The number of esters is 2. The zero-order valence-electron chi connectivity index (χ0n) is 32.6. The van der Waals surface area contributed by atoms with E-state index in [0.717, 1.165) is 57.8 Å². The molecule has 0 saturated carbocycles. The quantitative estimate of drug-likeness (QED) is 0.0279. The molecule has 2 atom stereocenters. The summed E-state index contributed by atoms with van der Waals surface area (Å²) in [5.41, 5.74) is 0. The number of unbranched alkanes of at least 4 members (excludes halogenated alkanes) is 20. The summed E-state index contributed by atoms with van der Waals surface area (Å²) in [6.45, 7) is 4.60. The molecule has 2 unspecified atom stereocenters. The van der Waals surface area contributed by atoms with Gasteiger partial charge in [0.05, 0.1) is 40.3 Å². The first kappa shape index (κ1) is 47.1. The maximum absolute atomic E-state index is 12.6. The summed E-state index contributed by atoms with van der Waals surface area (Å²) in [6.07, 6.45) is 32.3. The number of rotatable bonds is 36. The van der Waals surface area contributed by atoms with E-state index in [1.807, 2.05) is 0 Å². The normalized spacial score (nSPS) is 13.1. The highest BCUT2D eigenvalue weighted by Crippen LogP contribution is 2.15. The molecule has 8 heteroatoms. The Kier molecular flexibility index (Phi) is 31.9. The average molecular weight is 696 g/mol. The van der Waals surface area contributed by atoms with Crippen LogP contribution in [0.5, 0.6) is 0 Å². The zero-order chi connectivity index (χ0) is 36.4. The molecule has 0 aliphatic heterocycles. The van der Waals surface area contributed by atoms with Gasteiger partial charge in [-0.1, -0.05) is 142 Å². The van der Waals surface area contributed by atoms with Gasteiger partial charge < -0.3 is 28.6 Å². The van der Waals surface area contributed by atoms with Gasteiger partial charge in [0.1, 0.15) is 12.6 Å². The van der Waals surface area contributed by atoms with Crippen LogP contribution < -0.4 is 5.11 Å². The van der Waals surface area contributed by atoms with E-state index in [4.69, 9.17) is 14.2 Å². The van der Waals surface area contributed by atoms with Crippen molar-refractivity contribution in [2.45, 2.75) is 193 Å². The minimum absolute atomic E-state index is 0.0421. The predicted octanol–water partition coefficient (Wildman–Crippen LogP) is 9.02. The average Bonchev–Trinajstić information content (AvgIpc) is 3.05. The summed E-state index contributed by atoms with van der Waals surface area (Å²) in [7, 11) is 5.40. The van der Waals surface area contributed by atoms with E-state index in [9.17, 15) is 19.5 Å². The van der Waals surface area contributed by atoms with Crippen LogP contribution in [-0.4, -0.2) is 75.5 Å². The van der Waals surface area contributed by atoms with E-state index in [0.29, 0.717) is 12.8 Å². The molecule has 8 nitrogen and oxygen atoms in total. The topological polar surface area (TPSA) is 102 Å². The number of quaternary nitrogens is 1. The Bertz CT molecular complexity index is 823. The van der Waals surface area contributed by atoms with E-state index in [1.54, 1.807) is 21.1 Å². The van der Waals surface area contributed by atoms with Gasteiger partial charge in [0.25, 0.3) is 0 Å². The largest absolute Gasteiger partial charge is 0.544 e. The van der Waals surface area contributed by atoms with E-state index < -0.39 is 18.1 Å². The third-order valence-electron chi connectivity index (χ3n) is 9.13. The number of hydrogen-bond acceptors (Lipinski definition) is 7. The number of aliphatic carboxylic acids is 1. The Hall–Kier alpha value is -1.93. The molecule has 0 aliphatic rings. The van der Waals surface area contributed by atoms with Crippen molar-refractivity contribution in [3.63, 3.8) is 0 Å². The molecule has 0 radical (unpaired) electrons. The van der Waals surface area contributed by atoms with Crippen molar-refractivity contribution in [3.05, 3.63) is 12.2 Å². The third kappa shape index (κ3) is 31.8. The molecule has 0 aromatic carbocycles. The molecule has 49 heavy (non-hydrogen) atoms. The van der Waals surface area contributed by atoms with Gasteiger partial charge in [0.2, 0.25) is 0 Å². The van der Waals surface area contributed by atoms with Crippen molar-refractivity contribution in [3.8, 4) is 0 Å². The second kappa shape index (κ2) is 33.2. The number of nitrogens with zero attached hydrogens (tertiary/aromatic N) is 1. The molecule has 0 aromatic heterocycles. The van der Waals surface area contributed by atoms with Crippen molar-refractivity contribution in [2.75, 3.05) is 41.0 Å². The standard InChI is InChI=1S/C41H77NO7/c1-6-8-10-12-14-16-18-19-20-21-22-24-25-27-29-31-39(43)48-36-37(35-47-34-33-38(41(45)46)42(3,4)5)49-40(44)32-30-28-26-23-17-15-13-11-9-7-2/h11,13,37-38H,6-10,12,14-36H2,1-5H3/b13-11-. The highest BCUT2D eigenvalue weighted by Gasteiger charge is 2.25. The lowest BCUT2D eigenvalue weighted by Crippen LogP contribution is -2.55. The number of likely N-dealkylation sites (N-methyl/N-ethyl adjacent to an activating group) is 1. The van der Waals surface area contributed by atoms with Crippen molar-refractivity contribution < 1.29 is 38.2 Å². The number of ether oxygens (including phenoxy) is 3. The number of carboxylic acid groups (broad SMARTS) is 1. The number of carbonyl (C=O) groups is 3. The molecule has 288 valence electrons. The summed E-state index contributed by atoms with van der Waals surface area (Å²) >= 11 is 0. The fourth-order valence-electron chi connectivity index (χ4n) is 5.96. The first-order valence-corrected chi connectivity index (χ1v) is 20.2. The summed E-state index contributed by atoms with van der Waals surface area (Å²) < 4.78 is 17.1. The van der Waals surface area contributed by atoms with Crippen LogP contribution in [0.25, 0.3) is 0 Å². The summed E-state index contributed by atoms with van der Waals surface area (Å²) in [4.78, 5) is 36.6. The summed E-state index contributed by atoms with van der Waals surface area (Å²) in [5.74, 6) is -1.74. The van der Waals surface area contributed by atoms with E-state index >= 15 is 0 Å². The van der Waals surface area contributed by atoms with Crippen LogP contribution in [0.2, 0.25) is 0 Å². The molecule has 0 amide bonds. The van der Waals surface area contributed by atoms with Gasteiger partial charge in [-0.3, -0.25) is 9.59 Å². The Morgan fingerprint density at radius 3 is 1.55 bits per heavy atom. The minimum Gasteiger partial charge on any atom is -0.544 e. The lowest BCUT2D eigenvalue weighted by molar-refractivity contribution is -0.889. The van der Waals surface area contributed by atoms with E-state index in [-0.39, 0.29) is 42.7 Å². The molecule has 0 fully saturated rings. The Morgan fingerprint density at radius 1 is 0.592 bits per heavy atom. The van der Waals surface area contributed by atoms with Gasteiger partial charge in [-0.05, 0) is 32.1 Å². The van der Waals surface area contributed by atoms with Crippen LogP contribution >= 0.6 is 0 Å². The maximum atomic E-state index is 12.6. The second-order valence-corrected chi connectivity index (χ2v) is 14.9. The molecule has 0 N–H and O–H groups in total. The lowest BCUT2D eigenvalue weighted by Gasteiger charge is -2.34. The fraction of sp³-hybridized carbons (Fsp3) is 0.878. The molecule has 0 rings (SSSR count). The fourth-order valence-corrected chi connectivity index (χ4v) is 5.96. The smallest absolute Gasteiger partial charge is 0.306 e. The Labute approximate surface area is 301 Å². The van der Waals surface area contributed by atoms with Gasteiger partial charge in [-0.25, -0.2) is 0 Å². The number of carboxylic acids is 1. The van der Waals surface area contributed by atoms with Gasteiger partial charge in [0, 0.05) is 19.3 Å². The van der Waals surface area contributed by atoms with Crippen molar-refractivity contribution in [1.29, 1.82) is 0 Å². The monoisotopic (exact) mass is 696 g/mol. The lowest BCUT2D eigenvalue weighted by atomic mass is 10.0. The molecule has 0 saturated heterocycles. The van der Waals surface area contributed by atoms with Gasteiger partial charge in [0.15, 0.2) is 6.10 Å². The Morgan fingerprint density at radius 2 is 1.06 bits per heavy atom. The van der Waals surface area contributed by atoms with Crippen molar-refractivity contribution in [1.82, 2.24) is 0 Å². The van der Waals surface area contributed by atoms with Crippen LogP contribution in [0.4, 0.5) is 0 Å². The number of hydrogen-bond donors (Lipinski definition) is 0. The summed E-state index contributed by atoms with van der Waals surface area (Å²) in [6, 6.07) is -0.721. The van der Waals surface area contributed by atoms with Gasteiger partial charge >= 0.3 is 11.9 Å². The molecule has 0 heterocycles. The molecule has 0 aliphatic carbocycles. The van der Waals surface area contributed by atoms with Crippen molar-refractivity contribution in [2.24, 2.45) is 0 Å². The molecular formula is C41H77NO7. The van der Waals surface area contributed by atoms with E-state index in [2.05, 4.69) is 26.0 Å². The first-order chi connectivity index (χ1) is 23.6. The molecule has 0 aromatic rings. The SMILES string of the molecule is CCC/C=C\CCCCCCCC(=O)OC(COCCC(C(=O)[O-])[N+](C)(C)C)COC(=O)CCCCCCCCCCCCCCCCC. The van der Waals surface area contributed by atoms with Crippen LogP contribution in [0.15, 0.2) is 12.2 Å². The zero-order valence-corrected chi connectivity index (χ0v) is 32.6. The minimum atomic E-state index is -1.13. The molecule has 0 spiro atoms. The number of allylic oxidation sites excluding steroid dienone is 2. The van der Waals surface area contributed by atoms with Crippen LogP contribution in [0, 0.1) is 0 Å². The second-order valence-electron chi connectivity index (χ2n) is 14.9. The predicted molar refractivity (Wildman–Crippen MR) is 199 cm³/mol. The Balaban J connectivity index is 4.33. The van der Waals surface area contributed by atoms with Gasteiger partial charge in [-0.2, -0.15) is 0 Å².